The molecule has 7 nitrogen and oxygen atoms in total. The van der Waals surface area contributed by atoms with E-state index in [0.29, 0.717) is 29.4 Å². The summed E-state index contributed by atoms with van der Waals surface area (Å²) in [6, 6.07) is 12.3. The number of rotatable bonds is 6. The molecule has 0 bridgehead atoms. The van der Waals surface area contributed by atoms with Gasteiger partial charge in [0.05, 0.1) is 39.3 Å². The van der Waals surface area contributed by atoms with Gasteiger partial charge in [0.25, 0.3) is 0 Å². The maximum absolute atomic E-state index is 12.4. The Morgan fingerprint density at radius 3 is 2.19 bits per heavy atom. The van der Waals surface area contributed by atoms with Crippen molar-refractivity contribution in [2.45, 2.75) is 12.5 Å². The van der Waals surface area contributed by atoms with Gasteiger partial charge in [-0.25, -0.2) is 8.42 Å². The summed E-state index contributed by atoms with van der Waals surface area (Å²) in [4.78, 5) is 0. The third-order valence-electron chi connectivity index (χ3n) is 4.39. The SMILES string of the molecule is COc1cc(OC)cc(C2=NN(S(C)(=O)=O)[C@H](c3ccccc3OC)C2)c1. The van der Waals surface area contributed by atoms with E-state index >= 15 is 0 Å². The van der Waals surface area contributed by atoms with Crippen molar-refractivity contribution in [1.29, 1.82) is 0 Å². The summed E-state index contributed by atoms with van der Waals surface area (Å²) in [6.45, 7) is 0. The van der Waals surface area contributed by atoms with Gasteiger partial charge in [-0.2, -0.15) is 9.52 Å². The summed E-state index contributed by atoms with van der Waals surface area (Å²) in [5, 5.41) is 4.41. The number of nitrogens with zero attached hydrogens (tertiary/aromatic N) is 2. The lowest BCUT2D eigenvalue weighted by Crippen LogP contribution is -2.26. The van der Waals surface area contributed by atoms with Crippen LogP contribution in [0.2, 0.25) is 0 Å². The first-order valence-corrected chi connectivity index (χ1v) is 10.2. The Morgan fingerprint density at radius 1 is 1.00 bits per heavy atom. The van der Waals surface area contributed by atoms with Crippen molar-refractivity contribution in [3.8, 4) is 17.2 Å². The van der Waals surface area contributed by atoms with Gasteiger partial charge in [0, 0.05) is 23.6 Å². The van der Waals surface area contributed by atoms with Gasteiger partial charge in [-0.3, -0.25) is 0 Å². The zero-order chi connectivity index (χ0) is 19.6. The van der Waals surface area contributed by atoms with Gasteiger partial charge >= 0.3 is 0 Å². The Kier molecular flexibility index (Phi) is 5.27. The standard InChI is InChI=1S/C19H22N2O5S/c1-24-14-9-13(10-15(11-14)25-2)17-12-18(21(20-17)27(4,22)23)16-7-5-6-8-19(16)26-3/h5-11,18H,12H2,1-4H3/t18-/m0/s1. The lowest BCUT2D eigenvalue weighted by molar-refractivity contribution is 0.352. The van der Waals surface area contributed by atoms with E-state index in [1.807, 2.05) is 36.4 Å². The van der Waals surface area contributed by atoms with Crippen molar-refractivity contribution in [2.24, 2.45) is 5.10 Å². The first-order chi connectivity index (χ1) is 12.9. The summed E-state index contributed by atoms with van der Waals surface area (Å²) in [5.41, 5.74) is 2.14. The molecule has 2 aromatic carbocycles. The van der Waals surface area contributed by atoms with Crippen LogP contribution < -0.4 is 14.2 Å². The van der Waals surface area contributed by atoms with Crippen LogP contribution in [0.25, 0.3) is 0 Å². The van der Waals surface area contributed by atoms with Crippen molar-refractivity contribution in [3.63, 3.8) is 0 Å². The van der Waals surface area contributed by atoms with E-state index in [2.05, 4.69) is 5.10 Å². The molecule has 0 radical (unpaired) electrons. The Bertz CT molecular complexity index is 950. The highest BCUT2D eigenvalue weighted by Gasteiger charge is 2.36. The van der Waals surface area contributed by atoms with Crippen LogP contribution in [0, 0.1) is 0 Å². The summed E-state index contributed by atoms with van der Waals surface area (Å²) in [7, 11) is 1.12. The fourth-order valence-corrected chi connectivity index (χ4v) is 4.01. The number of methoxy groups -OCH3 is 3. The molecule has 144 valence electrons. The summed E-state index contributed by atoms with van der Waals surface area (Å²) in [5.74, 6) is 1.84. The van der Waals surface area contributed by atoms with Gasteiger partial charge < -0.3 is 14.2 Å². The topological polar surface area (TPSA) is 77.4 Å². The van der Waals surface area contributed by atoms with Crippen LogP contribution >= 0.6 is 0 Å². The molecular weight excluding hydrogens is 368 g/mol. The van der Waals surface area contributed by atoms with E-state index in [4.69, 9.17) is 14.2 Å². The van der Waals surface area contributed by atoms with Crippen LogP contribution in [-0.2, 0) is 10.0 Å². The molecule has 1 atom stereocenters. The quantitative estimate of drug-likeness (QED) is 0.758. The molecule has 3 rings (SSSR count). The first-order valence-electron chi connectivity index (χ1n) is 8.30. The molecule has 1 aliphatic heterocycles. The molecule has 0 fully saturated rings. The molecule has 2 aromatic rings. The minimum absolute atomic E-state index is 0.407. The number of hydrogen-bond acceptors (Lipinski definition) is 6. The number of hydrogen-bond donors (Lipinski definition) is 0. The zero-order valence-corrected chi connectivity index (χ0v) is 16.5. The van der Waals surface area contributed by atoms with E-state index in [1.165, 1.54) is 0 Å². The van der Waals surface area contributed by atoms with Crippen molar-refractivity contribution in [1.82, 2.24) is 4.41 Å². The largest absolute Gasteiger partial charge is 0.497 e. The van der Waals surface area contributed by atoms with E-state index in [-0.39, 0.29) is 0 Å². The molecular formula is C19H22N2O5S. The van der Waals surface area contributed by atoms with Crippen molar-refractivity contribution < 1.29 is 22.6 Å². The molecule has 0 aliphatic carbocycles. The predicted octanol–water partition coefficient (Wildman–Crippen LogP) is 2.82. The normalized spacial score (nSPS) is 16.8. The molecule has 27 heavy (non-hydrogen) atoms. The smallest absolute Gasteiger partial charge is 0.247 e. The fraction of sp³-hybridized carbons (Fsp3) is 0.316. The Labute approximate surface area is 159 Å². The molecule has 0 saturated carbocycles. The average Bonchev–Trinajstić information content (AvgIpc) is 3.13. The average molecular weight is 390 g/mol. The first kappa shape index (κ1) is 19.0. The summed E-state index contributed by atoms with van der Waals surface area (Å²) >= 11 is 0. The molecule has 0 saturated heterocycles. The second-order valence-corrected chi connectivity index (χ2v) is 7.99. The lowest BCUT2D eigenvalue weighted by Gasteiger charge is -2.23. The van der Waals surface area contributed by atoms with Crippen molar-refractivity contribution in [3.05, 3.63) is 53.6 Å². The zero-order valence-electron chi connectivity index (χ0n) is 15.7. The molecule has 0 unspecified atom stereocenters. The lowest BCUT2D eigenvalue weighted by atomic mass is 9.98. The van der Waals surface area contributed by atoms with E-state index in [1.54, 1.807) is 27.4 Å². The van der Waals surface area contributed by atoms with Crippen LogP contribution in [0.1, 0.15) is 23.6 Å². The highest BCUT2D eigenvalue weighted by Crippen LogP contribution is 2.39. The van der Waals surface area contributed by atoms with Crippen LogP contribution in [0.3, 0.4) is 0 Å². The monoisotopic (exact) mass is 390 g/mol. The highest BCUT2D eigenvalue weighted by molar-refractivity contribution is 7.88. The van der Waals surface area contributed by atoms with Crippen LogP contribution in [0.4, 0.5) is 0 Å². The molecule has 8 heteroatoms. The number of sulfonamides is 1. The highest BCUT2D eigenvalue weighted by atomic mass is 32.2. The van der Waals surface area contributed by atoms with Gasteiger partial charge in [0.1, 0.15) is 17.2 Å². The molecule has 0 spiro atoms. The van der Waals surface area contributed by atoms with Gasteiger partial charge in [0.15, 0.2) is 0 Å². The van der Waals surface area contributed by atoms with Gasteiger partial charge in [-0.15, -0.1) is 0 Å². The van der Waals surface area contributed by atoms with Crippen molar-refractivity contribution >= 4 is 15.7 Å². The van der Waals surface area contributed by atoms with E-state index in [0.717, 1.165) is 21.8 Å². The van der Waals surface area contributed by atoms with Gasteiger partial charge in [0.2, 0.25) is 10.0 Å². The molecule has 0 aromatic heterocycles. The summed E-state index contributed by atoms with van der Waals surface area (Å²) < 4.78 is 41.9. The van der Waals surface area contributed by atoms with E-state index in [9.17, 15) is 8.42 Å². The predicted molar refractivity (Wildman–Crippen MR) is 103 cm³/mol. The third kappa shape index (κ3) is 3.85. The number of benzene rings is 2. The molecule has 0 N–H and O–H groups in total. The van der Waals surface area contributed by atoms with Crippen LogP contribution in [0.5, 0.6) is 17.2 Å². The number of ether oxygens (including phenoxy) is 3. The van der Waals surface area contributed by atoms with Crippen LogP contribution in [0.15, 0.2) is 47.6 Å². The molecule has 0 amide bonds. The maximum Gasteiger partial charge on any atom is 0.247 e. The Balaban J connectivity index is 2.07. The van der Waals surface area contributed by atoms with E-state index < -0.39 is 16.1 Å². The molecule has 1 aliphatic rings. The maximum atomic E-state index is 12.4. The molecule has 1 heterocycles. The van der Waals surface area contributed by atoms with Crippen molar-refractivity contribution in [2.75, 3.05) is 27.6 Å². The third-order valence-corrected chi connectivity index (χ3v) is 5.41. The number of hydrazone groups is 1. The Morgan fingerprint density at radius 2 is 1.63 bits per heavy atom. The summed E-state index contributed by atoms with van der Waals surface area (Å²) in [6.07, 6.45) is 1.55. The second-order valence-electron chi connectivity index (χ2n) is 6.15. The minimum Gasteiger partial charge on any atom is -0.497 e. The fourth-order valence-electron chi connectivity index (χ4n) is 3.12. The van der Waals surface area contributed by atoms with Crippen LogP contribution in [-0.4, -0.2) is 46.1 Å². The van der Waals surface area contributed by atoms with Gasteiger partial charge in [-0.05, 0) is 18.2 Å². The van der Waals surface area contributed by atoms with Gasteiger partial charge in [-0.1, -0.05) is 18.2 Å². The minimum atomic E-state index is -3.57. The Hall–Kier alpha value is -2.74. The second kappa shape index (κ2) is 7.48. The number of para-hydroxylation sites is 1.